The van der Waals surface area contributed by atoms with Crippen molar-refractivity contribution in [2.24, 2.45) is 5.92 Å². The first kappa shape index (κ1) is 18.3. The van der Waals surface area contributed by atoms with Gasteiger partial charge in [-0.2, -0.15) is 0 Å². The summed E-state index contributed by atoms with van der Waals surface area (Å²) in [5.41, 5.74) is 1.80. The summed E-state index contributed by atoms with van der Waals surface area (Å²) in [7, 11) is 0. The molecule has 0 spiro atoms. The average molecular weight is 367 g/mol. The van der Waals surface area contributed by atoms with Gasteiger partial charge in [0.05, 0.1) is 0 Å². The van der Waals surface area contributed by atoms with Crippen LogP contribution in [0.3, 0.4) is 0 Å². The van der Waals surface area contributed by atoms with E-state index in [1.54, 1.807) is 0 Å². The molecule has 4 nitrogen and oxygen atoms in total. The van der Waals surface area contributed by atoms with Gasteiger partial charge < -0.3 is 9.47 Å². The van der Waals surface area contributed by atoms with E-state index in [0.29, 0.717) is 12.6 Å². The molecule has 1 aliphatic carbocycles. The van der Waals surface area contributed by atoms with Crippen LogP contribution in [0.1, 0.15) is 68.6 Å². The van der Waals surface area contributed by atoms with Gasteiger partial charge in [0.25, 0.3) is 0 Å². The van der Waals surface area contributed by atoms with Gasteiger partial charge in [-0.15, -0.1) is 0 Å². The van der Waals surface area contributed by atoms with Crippen molar-refractivity contribution < 1.29 is 9.59 Å². The Labute approximate surface area is 161 Å². The number of hydrogen-bond acceptors (Lipinski definition) is 2. The Morgan fingerprint density at radius 3 is 2.52 bits per heavy atom. The fraction of sp³-hybridized carbons (Fsp3) is 0.565. The third-order valence-corrected chi connectivity index (χ3v) is 6.46. The highest BCUT2D eigenvalue weighted by molar-refractivity contribution is 6.09. The third-order valence-electron chi connectivity index (χ3n) is 6.46. The van der Waals surface area contributed by atoms with Gasteiger partial charge in [0.2, 0.25) is 5.91 Å². The van der Waals surface area contributed by atoms with Gasteiger partial charge in [-0.3, -0.25) is 9.59 Å². The minimum atomic E-state index is 0.149. The number of piperidine rings is 1. The molecule has 2 aliphatic rings. The zero-order valence-corrected chi connectivity index (χ0v) is 16.3. The van der Waals surface area contributed by atoms with Crippen molar-refractivity contribution in [3.8, 4) is 0 Å². The fourth-order valence-corrected chi connectivity index (χ4v) is 4.86. The minimum absolute atomic E-state index is 0.149. The fourth-order valence-electron chi connectivity index (χ4n) is 4.86. The van der Waals surface area contributed by atoms with E-state index in [1.807, 2.05) is 39.9 Å². The Morgan fingerprint density at radius 1 is 1.00 bits per heavy atom. The molecule has 1 aromatic carbocycles. The average Bonchev–Trinajstić information content (AvgIpc) is 3.07. The van der Waals surface area contributed by atoms with Gasteiger partial charge in [-0.05, 0) is 45.1 Å². The van der Waals surface area contributed by atoms with E-state index < -0.39 is 0 Å². The van der Waals surface area contributed by atoms with Crippen LogP contribution in [0.25, 0.3) is 10.9 Å². The molecule has 1 aromatic heterocycles. The number of carbonyl (C=O) groups excluding carboxylic acids is 2. The maximum atomic E-state index is 13.2. The highest BCUT2D eigenvalue weighted by Crippen LogP contribution is 2.31. The lowest BCUT2D eigenvalue weighted by Crippen LogP contribution is -2.43. The molecule has 0 radical (unpaired) electrons. The molecular formula is C23H30N2O2. The van der Waals surface area contributed by atoms with Crippen LogP contribution in [-0.2, 0) is 11.3 Å². The summed E-state index contributed by atoms with van der Waals surface area (Å²) in [5, 5.41) is 0.993. The molecule has 1 saturated heterocycles. The highest BCUT2D eigenvalue weighted by Gasteiger charge is 2.27. The van der Waals surface area contributed by atoms with Gasteiger partial charge in [-0.25, -0.2) is 0 Å². The number of benzene rings is 1. The van der Waals surface area contributed by atoms with Gasteiger partial charge in [0.15, 0.2) is 5.78 Å². The molecule has 0 N–H and O–H groups in total. The van der Waals surface area contributed by atoms with Crippen LogP contribution < -0.4 is 0 Å². The molecule has 1 atom stereocenters. The zero-order chi connectivity index (χ0) is 18.8. The molecule has 1 saturated carbocycles. The maximum Gasteiger partial charge on any atom is 0.242 e. The standard InChI is InChI=1S/C23H30N2O2/c1-17-9-7-8-14-25(17)22(26)16-24-15-20(19-12-5-6-13-21(19)24)23(27)18-10-3-2-4-11-18/h5-6,12-13,15,17-18H,2-4,7-11,14,16H2,1H3. The number of nitrogens with zero attached hydrogens (tertiary/aromatic N) is 2. The number of likely N-dealkylation sites (tertiary alicyclic amines) is 1. The summed E-state index contributed by atoms with van der Waals surface area (Å²) in [6.45, 7) is 3.32. The van der Waals surface area contributed by atoms with Crippen LogP contribution in [0.15, 0.2) is 30.5 Å². The van der Waals surface area contributed by atoms with Gasteiger partial charge in [-0.1, -0.05) is 37.5 Å². The molecule has 2 aromatic rings. The molecule has 2 fully saturated rings. The van der Waals surface area contributed by atoms with Crippen molar-refractivity contribution in [2.45, 2.75) is 70.9 Å². The van der Waals surface area contributed by atoms with Crippen LogP contribution in [-0.4, -0.2) is 33.7 Å². The molecule has 144 valence electrons. The van der Waals surface area contributed by atoms with Crippen molar-refractivity contribution in [3.05, 3.63) is 36.0 Å². The van der Waals surface area contributed by atoms with E-state index in [4.69, 9.17) is 0 Å². The molecule has 1 aliphatic heterocycles. The van der Waals surface area contributed by atoms with Crippen molar-refractivity contribution in [3.63, 3.8) is 0 Å². The van der Waals surface area contributed by atoms with E-state index in [2.05, 4.69) is 6.92 Å². The Morgan fingerprint density at radius 2 is 1.74 bits per heavy atom. The Hall–Kier alpha value is -2.10. The minimum Gasteiger partial charge on any atom is -0.338 e. The summed E-state index contributed by atoms with van der Waals surface area (Å²) in [6.07, 6.45) is 10.9. The summed E-state index contributed by atoms with van der Waals surface area (Å²) in [4.78, 5) is 28.1. The number of rotatable bonds is 4. The first-order chi connectivity index (χ1) is 13.1. The van der Waals surface area contributed by atoms with E-state index in [-0.39, 0.29) is 17.6 Å². The van der Waals surface area contributed by atoms with Gasteiger partial charge in [0.1, 0.15) is 6.54 Å². The van der Waals surface area contributed by atoms with E-state index in [0.717, 1.165) is 61.5 Å². The quantitative estimate of drug-likeness (QED) is 0.729. The Bertz CT molecular complexity index is 832. The maximum absolute atomic E-state index is 13.2. The lowest BCUT2D eigenvalue weighted by molar-refractivity contribution is -0.135. The second-order valence-electron chi connectivity index (χ2n) is 8.32. The summed E-state index contributed by atoms with van der Waals surface area (Å²) in [5.74, 6) is 0.582. The molecule has 2 heterocycles. The molecule has 4 rings (SSSR count). The number of aromatic nitrogens is 1. The molecule has 1 amide bonds. The number of ketones is 1. The molecule has 0 bridgehead atoms. The van der Waals surface area contributed by atoms with Crippen LogP contribution in [0, 0.1) is 5.92 Å². The first-order valence-corrected chi connectivity index (χ1v) is 10.6. The number of carbonyl (C=O) groups is 2. The van der Waals surface area contributed by atoms with Crippen molar-refractivity contribution in [1.29, 1.82) is 0 Å². The molecular weight excluding hydrogens is 336 g/mol. The largest absolute Gasteiger partial charge is 0.338 e. The predicted molar refractivity (Wildman–Crippen MR) is 108 cm³/mol. The lowest BCUT2D eigenvalue weighted by atomic mass is 9.84. The van der Waals surface area contributed by atoms with Crippen LogP contribution in [0.2, 0.25) is 0 Å². The number of amides is 1. The molecule has 27 heavy (non-hydrogen) atoms. The monoisotopic (exact) mass is 366 g/mol. The van der Waals surface area contributed by atoms with Crippen molar-refractivity contribution >= 4 is 22.6 Å². The van der Waals surface area contributed by atoms with E-state index >= 15 is 0 Å². The van der Waals surface area contributed by atoms with E-state index in [1.165, 1.54) is 12.8 Å². The van der Waals surface area contributed by atoms with Gasteiger partial charge >= 0.3 is 0 Å². The zero-order valence-electron chi connectivity index (χ0n) is 16.3. The number of hydrogen-bond donors (Lipinski definition) is 0. The molecule has 1 unspecified atom stereocenters. The van der Waals surface area contributed by atoms with Crippen molar-refractivity contribution in [2.75, 3.05) is 6.54 Å². The Balaban J connectivity index is 1.61. The first-order valence-electron chi connectivity index (χ1n) is 10.6. The predicted octanol–water partition coefficient (Wildman–Crippen LogP) is 4.81. The van der Waals surface area contributed by atoms with Crippen LogP contribution in [0.4, 0.5) is 0 Å². The number of para-hydroxylation sites is 1. The summed E-state index contributed by atoms with van der Waals surface area (Å²) < 4.78 is 2.00. The second kappa shape index (κ2) is 7.87. The smallest absolute Gasteiger partial charge is 0.242 e. The van der Waals surface area contributed by atoms with Gasteiger partial charge in [0, 0.05) is 41.2 Å². The SMILES string of the molecule is CC1CCCCN1C(=O)Cn1cc(C(=O)C2CCCCC2)c2ccccc21. The number of Topliss-reactive ketones (excluding diaryl/α,β-unsaturated/α-hetero) is 1. The second-order valence-corrected chi connectivity index (χ2v) is 8.32. The number of fused-ring (bicyclic) bond motifs is 1. The third kappa shape index (κ3) is 3.67. The summed E-state index contributed by atoms with van der Waals surface area (Å²) >= 11 is 0. The van der Waals surface area contributed by atoms with Crippen LogP contribution in [0.5, 0.6) is 0 Å². The topological polar surface area (TPSA) is 42.3 Å². The summed E-state index contributed by atoms with van der Waals surface area (Å²) in [6, 6.07) is 8.34. The molecule has 4 heteroatoms. The lowest BCUT2D eigenvalue weighted by Gasteiger charge is -2.33. The normalized spacial score (nSPS) is 21.5. The van der Waals surface area contributed by atoms with E-state index in [9.17, 15) is 9.59 Å². The van der Waals surface area contributed by atoms with Crippen LogP contribution >= 0.6 is 0 Å². The Kier molecular flexibility index (Phi) is 5.33. The van der Waals surface area contributed by atoms with Crippen molar-refractivity contribution in [1.82, 2.24) is 9.47 Å². The highest BCUT2D eigenvalue weighted by atomic mass is 16.2.